The van der Waals surface area contributed by atoms with Crippen molar-refractivity contribution < 1.29 is 0 Å². The van der Waals surface area contributed by atoms with Gasteiger partial charge in [0, 0.05) is 22.5 Å². The highest BCUT2D eigenvalue weighted by atomic mass is 33.1. The fourth-order valence-electron chi connectivity index (χ4n) is 4.12. The minimum absolute atomic E-state index is 0.760. The summed E-state index contributed by atoms with van der Waals surface area (Å²) < 4.78 is 4.18. The van der Waals surface area contributed by atoms with Gasteiger partial charge in [-0.25, -0.2) is 0 Å². The molecular weight excluding hydrogens is 509 g/mol. The van der Waals surface area contributed by atoms with Gasteiger partial charge in [0.2, 0.25) is 10.3 Å². The summed E-state index contributed by atoms with van der Waals surface area (Å²) >= 11 is 0. The molecule has 0 saturated heterocycles. The first-order valence-corrected chi connectivity index (χ1v) is 14.3. The average Bonchev–Trinajstić information content (AvgIpc) is 3.58. The van der Waals surface area contributed by atoms with E-state index in [0.717, 1.165) is 44.5 Å². The van der Waals surface area contributed by atoms with Crippen LogP contribution in [0.3, 0.4) is 0 Å². The third-order valence-corrected chi connectivity index (χ3v) is 8.16. The molecule has 8 heteroatoms. The lowest BCUT2D eigenvalue weighted by atomic mass is 10.1. The van der Waals surface area contributed by atoms with E-state index in [4.69, 9.17) is 0 Å². The quantitative estimate of drug-likeness (QED) is 0.197. The lowest BCUT2D eigenvalue weighted by molar-refractivity contribution is 0.885. The van der Waals surface area contributed by atoms with E-state index in [9.17, 15) is 0 Å². The van der Waals surface area contributed by atoms with Crippen LogP contribution in [0.5, 0.6) is 0 Å². The second kappa shape index (κ2) is 10.7. The largest absolute Gasteiger partial charge is 0.269 e. The zero-order valence-electron chi connectivity index (χ0n) is 20.9. The van der Waals surface area contributed by atoms with Crippen LogP contribution in [0.15, 0.2) is 120 Å². The molecule has 0 unspecified atom stereocenters. The minimum Gasteiger partial charge on any atom is -0.269 e. The first-order valence-electron chi connectivity index (χ1n) is 12.2. The van der Waals surface area contributed by atoms with E-state index in [-0.39, 0.29) is 0 Å². The van der Waals surface area contributed by atoms with Gasteiger partial charge in [0.15, 0.2) is 11.6 Å². The molecule has 2 aromatic heterocycles. The van der Waals surface area contributed by atoms with Crippen molar-refractivity contribution in [3.8, 4) is 34.2 Å². The number of benzene rings is 4. The second-order valence-electron chi connectivity index (χ2n) is 8.85. The number of aryl methyl sites for hydroxylation is 2. The zero-order valence-corrected chi connectivity index (χ0v) is 22.5. The summed E-state index contributed by atoms with van der Waals surface area (Å²) in [6.07, 6.45) is 0. The summed E-state index contributed by atoms with van der Waals surface area (Å²) in [6, 6.07) is 37.1. The van der Waals surface area contributed by atoms with Gasteiger partial charge < -0.3 is 0 Å². The zero-order chi connectivity index (χ0) is 25.9. The molecule has 0 fully saturated rings. The van der Waals surface area contributed by atoms with Crippen molar-refractivity contribution in [3.05, 3.63) is 120 Å². The Kier molecular flexibility index (Phi) is 6.81. The van der Waals surface area contributed by atoms with Crippen LogP contribution in [0.4, 0.5) is 0 Å². The monoisotopic (exact) mass is 532 g/mol. The van der Waals surface area contributed by atoms with E-state index in [2.05, 4.69) is 116 Å². The Morgan fingerprint density at radius 3 is 1.18 bits per heavy atom. The molecule has 6 nitrogen and oxygen atoms in total. The predicted molar refractivity (Wildman–Crippen MR) is 155 cm³/mol. The number of hydrogen-bond acceptors (Lipinski definition) is 6. The maximum absolute atomic E-state index is 4.58. The van der Waals surface area contributed by atoms with Gasteiger partial charge >= 0.3 is 0 Å². The molecule has 6 aromatic rings. The van der Waals surface area contributed by atoms with E-state index in [1.807, 2.05) is 36.4 Å². The van der Waals surface area contributed by atoms with Gasteiger partial charge in [-0.1, -0.05) is 96.1 Å². The predicted octanol–water partition coefficient (Wildman–Crippen LogP) is 7.60. The fraction of sp³-hybridized carbons (Fsp3) is 0.0667. The Morgan fingerprint density at radius 1 is 0.447 bits per heavy atom. The molecule has 4 aromatic carbocycles. The van der Waals surface area contributed by atoms with E-state index < -0.39 is 0 Å². The summed E-state index contributed by atoms with van der Waals surface area (Å²) in [5, 5.41) is 19.8. The molecule has 0 spiro atoms. The second-order valence-corrected chi connectivity index (χ2v) is 10.9. The van der Waals surface area contributed by atoms with E-state index in [1.165, 1.54) is 32.7 Å². The molecule has 0 aliphatic carbocycles. The van der Waals surface area contributed by atoms with Crippen molar-refractivity contribution >= 4 is 21.6 Å². The molecular formula is C30H24N6S2. The number of hydrogen-bond donors (Lipinski definition) is 0. The smallest absolute Gasteiger partial charge is 0.207 e. The Bertz CT molecular complexity index is 1530. The summed E-state index contributed by atoms with van der Waals surface area (Å²) in [7, 11) is 3.03. The molecule has 0 N–H and O–H groups in total. The number of rotatable bonds is 7. The van der Waals surface area contributed by atoms with Gasteiger partial charge in [-0.05, 0) is 59.7 Å². The Hall–Kier alpha value is -4.14. The summed E-state index contributed by atoms with van der Waals surface area (Å²) in [6.45, 7) is 4.16. The van der Waals surface area contributed by atoms with Crippen LogP contribution < -0.4 is 0 Å². The normalized spacial score (nSPS) is 11.1. The van der Waals surface area contributed by atoms with Gasteiger partial charge in [0.25, 0.3) is 0 Å². The number of para-hydroxylation sites is 2. The summed E-state index contributed by atoms with van der Waals surface area (Å²) in [5.41, 5.74) is 6.43. The number of nitrogens with zero attached hydrogens (tertiary/aromatic N) is 6. The highest BCUT2D eigenvalue weighted by Crippen LogP contribution is 2.40. The molecule has 0 atom stereocenters. The fourth-order valence-corrected chi connectivity index (χ4v) is 6.05. The molecule has 0 aliphatic rings. The Morgan fingerprint density at radius 2 is 0.816 bits per heavy atom. The maximum Gasteiger partial charge on any atom is 0.207 e. The standard InChI is InChI=1S/C30H24N6S2/c1-21-13-17-23(18-14-21)27-31-33-29(35(27)25-9-5-3-6-10-25)37-38-30-34-32-28(24-19-15-22(2)16-20-24)36(30)26-11-7-4-8-12-26/h3-20H,1-2H3. The molecule has 6 rings (SSSR count). The van der Waals surface area contributed by atoms with Crippen molar-refractivity contribution in [1.29, 1.82) is 0 Å². The molecule has 0 saturated carbocycles. The maximum atomic E-state index is 4.58. The SMILES string of the molecule is Cc1ccc(-c2nnc(SSc3nnc(-c4ccc(C)cc4)n3-c3ccccc3)n2-c2ccccc2)cc1. The molecule has 0 amide bonds. The first kappa shape index (κ1) is 24.2. The van der Waals surface area contributed by atoms with Crippen LogP contribution in [-0.2, 0) is 0 Å². The lowest BCUT2D eigenvalue weighted by Gasteiger charge is -2.11. The van der Waals surface area contributed by atoms with E-state index in [0.29, 0.717) is 0 Å². The highest BCUT2D eigenvalue weighted by Gasteiger charge is 2.20. The van der Waals surface area contributed by atoms with E-state index in [1.54, 1.807) is 0 Å². The van der Waals surface area contributed by atoms with Gasteiger partial charge in [-0.3, -0.25) is 9.13 Å². The van der Waals surface area contributed by atoms with Gasteiger partial charge in [-0.15, -0.1) is 20.4 Å². The van der Waals surface area contributed by atoms with Crippen LogP contribution in [0.1, 0.15) is 11.1 Å². The highest BCUT2D eigenvalue weighted by molar-refractivity contribution is 8.76. The van der Waals surface area contributed by atoms with Gasteiger partial charge in [-0.2, -0.15) is 0 Å². The molecule has 2 heterocycles. The van der Waals surface area contributed by atoms with Crippen LogP contribution >= 0.6 is 21.6 Å². The molecule has 0 aliphatic heterocycles. The van der Waals surface area contributed by atoms with Crippen LogP contribution in [0.2, 0.25) is 0 Å². The average molecular weight is 533 g/mol. The molecule has 0 bridgehead atoms. The van der Waals surface area contributed by atoms with Crippen molar-refractivity contribution in [3.63, 3.8) is 0 Å². The van der Waals surface area contributed by atoms with Crippen molar-refractivity contribution in [1.82, 2.24) is 29.5 Å². The topological polar surface area (TPSA) is 61.4 Å². The number of aromatic nitrogens is 6. The van der Waals surface area contributed by atoms with Crippen molar-refractivity contribution in [2.75, 3.05) is 0 Å². The van der Waals surface area contributed by atoms with Crippen LogP contribution in [0.25, 0.3) is 34.2 Å². The first-order chi connectivity index (χ1) is 18.7. The van der Waals surface area contributed by atoms with Crippen molar-refractivity contribution in [2.45, 2.75) is 24.2 Å². The van der Waals surface area contributed by atoms with E-state index >= 15 is 0 Å². The lowest BCUT2D eigenvalue weighted by Crippen LogP contribution is -2.00. The Labute approximate surface area is 229 Å². The summed E-state index contributed by atoms with van der Waals surface area (Å²) in [5.74, 6) is 1.59. The molecule has 38 heavy (non-hydrogen) atoms. The van der Waals surface area contributed by atoms with Crippen molar-refractivity contribution in [2.24, 2.45) is 0 Å². The molecule has 186 valence electrons. The van der Waals surface area contributed by atoms with Gasteiger partial charge in [0.05, 0.1) is 0 Å². The minimum atomic E-state index is 0.760. The third kappa shape index (κ3) is 4.88. The molecule has 0 radical (unpaired) electrons. The van der Waals surface area contributed by atoms with Crippen LogP contribution in [-0.4, -0.2) is 29.5 Å². The Balaban J connectivity index is 1.39. The summed E-state index contributed by atoms with van der Waals surface area (Å²) in [4.78, 5) is 0. The van der Waals surface area contributed by atoms with Gasteiger partial charge in [0.1, 0.15) is 0 Å². The van der Waals surface area contributed by atoms with Crippen LogP contribution in [0, 0.1) is 13.8 Å². The third-order valence-electron chi connectivity index (χ3n) is 6.11.